The molecule has 1 aliphatic rings. The zero-order valence-corrected chi connectivity index (χ0v) is 16.5. The highest BCUT2D eigenvalue weighted by molar-refractivity contribution is 6.21. The van der Waals surface area contributed by atoms with Crippen LogP contribution in [0.4, 0.5) is 5.69 Å². The van der Waals surface area contributed by atoms with Gasteiger partial charge in [-0.3, -0.25) is 34.2 Å². The third-order valence-corrected chi connectivity index (χ3v) is 4.54. The van der Waals surface area contributed by atoms with Crippen molar-refractivity contribution in [2.75, 3.05) is 19.6 Å². The van der Waals surface area contributed by atoms with Crippen LogP contribution in [-0.4, -0.2) is 58.2 Å². The first-order valence-corrected chi connectivity index (χ1v) is 9.41. The molecule has 1 aliphatic heterocycles. The van der Waals surface area contributed by atoms with Gasteiger partial charge in [0.25, 0.3) is 23.4 Å². The Balaban J connectivity index is 1.39. The number of hydrogen-bond donors (Lipinski definition) is 2. The minimum atomic E-state index is -0.639. The molecule has 1 aromatic heterocycles. The number of imide groups is 1. The monoisotopic (exact) mass is 429 g/mol. The summed E-state index contributed by atoms with van der Waals surface area (Å²) in [5.41, 5.74) is -0.0261. The van der Waals surface area contributed by atoms with Crippen LogP contribution in [0, 0.1) is 17.0 Å². The van der Waals surface area contributed by atoms with E-state index in [1.165, 1.54) is 18.2 Å². The molecule has 2 heterocycles. The fraction of sp³-hybridized carbons (Fsp3) is 0.316. The van der Waals surface area contributed by atoms with Crippen LogP contribution in [0.5, 0.6) is 0 Å². The Hall–Kier alpha value is -4.09. The molecule has 0 saturated heterocycles. The van der Waals surface area contributed by atoms with Crippen molar-refractivity contribution in [2.45, 2.75) is 19.8 Å². The topological polar surface area (TPSA) is 165 Å². The molecule has 3 rings (SSSR count). The predicted molar refractivity (Wildman–Crippen MR) is 104 cm³/mol. The van der Waals surface area contributed by atoms with E-state index in [2.05, 4.69) is 15.8 Å². The van der Waals surface area contributed by atoms with Gasteiger partial charge in [0, 0.05) is 44.3 Å². The largest absolute Gasteiger partial charge is 0.361 e. The number of amides is 4. The molecule has 2 N–H and O–H groups in total. The van der Waals surface area contributed by atoms with Crippen molar-refractivity contribution >= 4 is 29.3 Å². The van der Waals surface area contributed by atoms with Gasteiger partial charge in [-0.25, -0.2) is 0 Å². The second kappa shape index (κ2) is 9.15. The molecule has 0 unspecified atom stereocenters. The van der Waals surface area contributed by atoms with Crippen LogP contribution in [0.1, 0.15) is 49.8 Å². The van der Waals surface area contributed by atoms with Crippen molar-refractivity contribution in [1.29, 1.82) is 0 Å². The van der Waals surface area contributed by atoms with Crippen molar-refractivity contribution in [1.82, 2.24) is 20.7 Å². The highest BCUT2D eigenvalue weighted by atomic mass is 16.6. The third-order valence-electron chi connectivity index (χ3n) is 4.54. The van der Waals surface area contributed by atoms with Crippen LogP contribution in [-0.2, 0) is 4.79 Å². The van der Waals surface area contributed by atoms with E-state index in [-0.39, 0.29) is 60.9 Å². The van der Waals surface area contributed by atoms with E-state index < -0.39 is 22.6 Å². The lowest BCUT2D eigenvalue weighted by Crippen LogP contribution is -2.35. The fourth-order valence-electron chi connectivity index (χ4n) is 3.02. The summed E-state index contributed by atoms with van der Waals surface area (Å²) in [6, 6.07) is 5.00. The van der Waals surface area contributed by atoms with Crippen molar-refractivity contribution in [3.63, 3.8) is 0 Å². The maximum atomic E-state index is 12.4. The quantitative estimate of drug-likeness (QED) is 0.256. The summed E-state index contributed by atoms with van der Waals surface area (Å²) in [7, 11) is 0. The lowest BCUT2D eigenvalue weighted by molar-refractivity contribution is -0.384. The number of carbonyl (C=O) groups excluding carboxylic acids is 4. The molecule has 0 atom stereocenters. The standard InChI is InChI=1S/C19H19N5O7/c1-11-9-15(22-31-11)17(26)21-7-6-20-16(25)3-2-8-23-18(27)13-5-4-12(24(29)30)10-14(13)19(23)28/h4-5,9-10H,2-3,6-8H2,1H3,(H,20,25)(H,21,26). The summed E-state index contributed by atoms with van der Waals surface area (Å²) < 4.78 is 4.81. The van der Waals surface area contributed by atoms with E-state index >= 15 is 0 Å². The molecule has 1 aromatic carbocycles. The average molecular weight is 429 g/mol. The van der Waals surface area contributed by atoms with Gasteiger partial charge < -0.3 is 15.2 Å². The number of aryl methyl sites for hydroxylation is 1. The zero-order valence-electron chi connectivity index (χ0n) is 16.5. The van der Waals surface area contributed by atoms with Crippen LogP contribution < -0.4 is 10.6 Å². The van der Waals surface area contributed by atoms with Crippen molar-refractivity contribution in [3.8, 4) is 0 Å². The first-order valence-electron chi connectivity index (χ1n) is 9.41. The molecule has 0 saturated carbocycles. The molecule has 2 aromatic rings. The lowest BCUT2D eigenvalue weighted by atomic mass is 10.1. The number of benzene rings is 1. The van der Waals surface area contributed by atoms with E-state index in [1.54, 1.807) is 6.92 Å². The van der Waals surface area contributed by atoms with Gasteiger partial charge in [-0.05, 0) is 19.4 Å². The minimum Gasteiger partial charge on any atom is -0.361 e. The summed E-state index contributed by atoms with van der Waals surface area (Å²) in [6.07, 6.45) is 0.286. The van der Waals surface area contributed by atoms with E-state index in [1.807, 2.05) is 0 Å². The number of aromatic nitrogens is 1. The van der Waals surface area contributed by atoms with Crippen LogP contribution in [0.25, 0.3) is 0 Å². The third kappa shape index (κ3) is 4.91. The van der Waals surface area contributed by atoms with E-state index in [9.17, 15) is 29.3 Å². The van der Waals surface area contributed by atoms with Crippen LogP contribution in [0.15, 0.2) is 28.8 Å². The molecule has 12 heteroatoms. The number of nitro groups is 1. The van der Waals surface area contributed by atoms with Gasteiger partial charge in [-0.1, -0.05) is 5.16 Å². The van der Waals surface area contributed by atoms with Crippen LogP contribution >= 0.6 is 0 Å². The molecule has 0 aliphatic carbocycles. The fourth-order valence-corrected chi connectivity index (χ4v) is 3.02. The molecule has 0 spiro atoms. The molecule has 0 radical (unpaired) electrons. The first-order chi connectivity index (χ1) is 14.8. The van der Waals surface area contributed by atoms with Gasteiger partial charge in [0.2, 0.25) is 5.91 Å². The van der Waals surface area contributed by atoms with E-state index in [0.29, 0.717) is 5.76 Å². The first kappa shape index (κ1) is 21.6. The molecular weight excluding hydrogens is 410 g/mol. The Morgan fingerprint density at radius 2 is 1.84 bits per heavy atom. The summed E-state index contributed by atoms with van der Waals surface area (Å²) in [5.74, 6) is -1.37. The maximum absolute atomic E-state index is 12.4. The molecule has 0 fully saturated rings. The van der Waals surface area contributed by atoms with Crippen LogP contribution in [0.3, 0.4) is 0 Å². The summed E-state index contributed by atoms with van der Waals surface area (Å²) in [5, 5.41) is 19.6. The van der Waals surface area contributed by atoms with E-state index in [0.717, 1.165) is 11.0 Å². The number of nitrogens with zero attached hydrogens (tertiary/aromatic N) is 3. The Morgan fingerprint density at radius 1 is 1.13 bits per heavy atom. The van der Waals surface area contributed by atoms with Gasteiger partial charge in [0.1, 0.15) is 5.76 Å². The van der Waals surface area contributed by atoms with Gasteiger partial charge in [0.15, 0.2) is 5.69 Å². The number of nitrogens with one attached hydrogen (secondary N) is 2. The lowest BCUT2D eigenvalue weighted by Gasteiger charge is -2.13. The number of rotatable bonds is 9. The van der Waals surface area contributed by atoms with Crippen LogP contribution in [0.2, 0.25) is 0 Å². The second-order valence-corrected chi connectivity index (χ2v) is 6.78. The normalized spacial score (nSPS) is 12.6. The molecule has 4 amide bonds. The second-order valence-electron chi connectivity index (χ2n) is 6.78. The van der Waals surface area contributed by atoms with Crippen molar-refractivity contribution in [2.24, 2.45) is 0 Å². The van der Waals surface area contributed by atoms with Gasteiger partial charge >= 0.3 is 0 Å². The van der Waals surface area contributed by atoms with E-state index in [4.69, 9.17) is 4.52 Å². The molecule has 31 heavy (non-hydrogen) atoms. The Bertz CT molecular complexity index is 1060. The molecular formula is C19H19N5O7. The molecule has 162 valence electrons. The highest BCUT2D eigenvalue weighted by Crippen LogP contribution is 2.26. The van der Waals surface area contributed by atoms with Gasteiger partial charge in [0.05, 0.1) is 16.1 Å². The highest BCUT2D eigenvalue weighted by Gasteiger charge is 2.36. The number of hydrogen-bond acceptors (Lipinski definition) is 8. The van der Waals surface area contributed by atoms with Gasteiger partial charge in [-0.15, -0.1) is 0 Å². The summed E-state index contributed by atoms with van der Waals surface area (Å²) in [6.45, 7) is 2.05. The minimum absolute atomic E-state index is 0.00973. The van der Waals surface area contributed by atoms with Gasteiger partial charge in [-0.2, -0.15) is 0 Å². The number of carbonyl (C=O) groups is 4. The summed E-state index contributed by atoms with van der Waals surface area (Å²) >= 11 is 0. The Morgan fingerprint density at radius 3 is 2.52 bits per heavy atom. The Kier molecular flexibility index (Phi) is 6.38. The van der Waals surface area contributed by atoms with Crippen molar-refractivity contribution < 1.29 is 28.6 Å². The number of non-ortho nitro benzene ring substituents is 1. The average Bonchev–Trinajstić information content (AvgIpc) is 3.28. The maximum Gasteiger partial charge on any atom is 0.273 e. The predicted octanol–water partition coefficient (Wildman–Crippen LogP) is 0.814. The van der Waals surface area contributed by atoms with Crippen molar-refractivity contribution in [3.05, 3.63) is 57.0 Å². The smallest absolute Gasteiger partial charge is 0.273 e. The Labute approximate surface area is 175 Å². The number of fused-ring (bicyclic) bond motifs is 1. The molecule has 0 bridgehead atoms. The number of nitro benzene ring substituents is 1. The SMILES string of the molecule is Cc1cc(C(=O)NCCNC(=O)CCCN2C(=O)c3ccc([N+](=O)[O-])cc3C2=O)no1. The molecule has 12 nitrogen and oxygen atoms in total. The summed E-state index contributed by atoms with van der Waals surface area (Å²) in [4.78, 5) is 59.6. The zero-order chi connectivity index (χ0) is 22.5.